The number of tetrazole rings is 1. The van der Waals surface area contributed by atoms with Crippen LogP contribution in [0.4, 0.5) is 19.6 Å². The Morgan fingerprint density at radius 2 is 2.03 bits per heavy atom. The van der Waals surface area contributed by atoms with E-state index >= 15 is 0 Å². The summed E-state index contributed by atoms with van der Waals surface area (Å²) in [6, 6.07) is 6.35. The summed E-state index contributed by atoms with van der Waals surface area (Å²) < 4.78 is 30.3. The number of fused-ring (bicyclic) bond motifs is 1. The summed E-state index contributed by atoms with van der Waals surface area (Å²) in [6.45, 7) is 8.58. The molecular weight excluding hydrogens is 478 g/mol. The molecule has 8 nitrogen and oxygen atoms in total. The molecule has 4 heterocycles. The van der Waals surface area contributed by atoms with Gasteiger partial charge in [-0.05, 0) is 55.0 Å². The number of halogens is 2. The number of hydrogen-bond donors (Lipinski definition) is 1. The Bertz CT molecular complexity index is 1300. The fourth-order valence-corrected chi connectivity index (χ4v) is 6.50. The Labute approximate surface area is 204 Å². The lowest BCUT2D eigenvalue weighted by molar-refractivity contribution is 0.149. The maximum absolute atomic E-state index is 14.3. The molecule has 3 unspecified atom stereocenters. The molecule has 4 aromatic rings. The molecule has 0 bridgehead atoms. The Morgan fingerprint density at radius 3 is 2.74 bits per heavy atom. The van der Waals surface area contributed by atoms with Gasteiger partial charge in [-0.25, -0.2) is 14.1 Å². The summed E-state index contributed by atoms with van der Waals surface area (Å²) in [6.07, 6.45) is 0.838. The smallest absolute Gasteiger partial charge is 0.186 e. The first-order chi connectivity index (χ1) is 16.4. The maximum atomic E-state index is 14.3. The van der Waals surface area contributed by atoms with Gasteiger partial charge < -0.3 is 10.6 Å². The van der Waals surface area contributed by atoms with Crippen LogP contribution in [0.25, 0.3) is 10.2 Å². The van der Waals surface area contributed by atoms with Gasteiger partial charge in [0.15, 0.2) is 16.1 Å². The fourth-order valence-electron chi connectivity index (χ4n) is 4.65. The Morgan fingerprint density at radius 1 is 1.21 bits per heavy atom. The van der Waals surface area contributed by atoms with E-state index in [4.69, 9.17) is 5.73 Å². The number of thiophene rings is 1. The van der Waals surface area contributed by atoms with Crippen molar-refractivity contribution in [3.05, 3.63) is 45.9 Å². The van der Waals surface area contributed by atoms with E-state index in [2.05, 4.69) is 44.2 Å². The van der Waals surface area contributed by atoms with Crippen molar-refractivity contribution in [2.24, 2.45) is 0 Å². The molecule has 1 saturated heterocycles. The monoisotopic (exact) mass is 504 g/mol. The van der Waals surface area contributed by atoms with Crippen molar-refractivity contribution in [3.63, 3.8) is 0 Å². The van der Waals surface area contributed by atoms with Crippen molar-refractivity contribution in [2.45, 2.75) is 45.3 Å². The molecule has 0 amide bonds. The first kappa shape index (κ1) is 23.1. The highest BCUT2D eigenvalue weighted by Crippen LogP contribution is 2.36. The van der Waals surface area contributed by atoms with Gasteiger partial charge >= 0.3 is 0 Å². The number of rotatable bonds is 6. The number of nitrogens with zero attached hydrogens (tertiary/aromatic N) is 7. The minimum absolute atomic E-state index is 0.0273. The lowest BCUT2D eigenvalue weighted by Crippen LogP contribution is -2.53. The second kappa shape index (κ2) is 9.16. The lowest BCUT2D eigenvalue weighted by Gasteiger charge is -2.42. The number of benzene rings is 1. The number of thiazole rings is 1. The molecule has 1 aliphatic rings. The largest absolute Gasteiger partial charge is 0.399 e. The van der Waals surface area contributed by atoms with Gasteiger partial charge in [-0.1, -0.05) is 18.3 Å². The molecule has 3 atom stereocenters. The van der Waals surface area contributed by atoms with Crippen LogP contribution in [-0.2, 0) is 0 Å². The zero-order valence-electron chi connectivity index (χ0n) is 19.2. The van der Waals surface area contributed by atoms with Crippen molar-refractivity contribution in [1.29, 1.82) is 0 Å². The number of aromatic nitrogens is 5. The van der Waals surface area contributed by atoms with E-state index in [9.17, 15) is 8.78 Å². The van der Waals surface area contributed by atoms with Crippen LogP contribution in [0.1, 0.15) is 50.0 Å². The first-order valence-electron chi connectivity index (χ1n) is 11.2. The van der Waals surface area contributed by atoms with Crippen molar-refractivity contribution >= 4 is 43.7 Å². The third-order valence-electron chi connectivity index (χ3n) is 6.38. The molecule has 180 valence electrons. The highest BCUT2D eigenvalue weighted by atomic mass is 32.1. The first-order valence-corrected chi connectivity index (χ1v) is 12.9. The van der Waals surface area contributed by atoms with E-state index in [1.54, 1.807) is 16.8 Å². The van der Waals surface area contributed by atoms with Gasteiger partial charge in [0.2, 0.25) is 0 Å². The summed E-state index contributed by atoms with van der Waals surface area (Å²) in [5.74, 6) is 0.449. The minimum Gasteiger partial charge on any atom is -0.399 e. The molecule has 0 spiro atoms. The molecule has 0 saturated carbocycles. The Hall–Kier alpha value is -2.70. The molecule has 1 aromatic carbocycles. The van der Waals surface area contributed by atoms with E-state index in [0.29, 0.717) is 15.9 Å². The second-order valence-corrected chi connectivity index (χ2v) is 10.7. The minimum atomic E-state index is -0.331. The molecule has 0 aliphatic carbocycles. The van der Waals surface area contributed by atoms with Crippen molar-refractivity contribution in [2.75, 3.05) is 30.3 Å². The Balaban J connectivity index is 1.35. The van der Waals surface area contributed by atoms with Gasteiger partial charge in [0, 0.05) is 36.2 Å². The Kier molecular flexibility index (Phi) is 6.21. The van der Waals surface area contributed by atoms with Crippen molar-refractivity contribution in [3.8, 4) is 0 Å². The lowest BCUT2D eigenvalue weighted by atomic mass is 10.1. The van der Waals surface area contributed by atoms with Crippen LogP contribution in [-0.4, -0.2) is 55.8 Å². The third kappa shape index (κ3) is 4.14. The van der Waals surface area contributed by atoms with Gasteiger partial charge in [0.25, 0.3) is 0 Å². The average Bonchev–Trinajstić information content (AvgIpc) is 3.54. The highest BCUT2D eigenvalue weighted by Gasteiger charge is 2.33. The standard InChI is InChI=1S/C22H26F2N8S2/c1-4-17(21-27-28-29-32(21)13(3)18-5-6-19(24)33-18)30-7-8-31(12(2)11-30)22-26-16-10-14(25)9-15(23)20(16)34-22/h5-6,9-10,12-13,17H,4,7-8,11,25H2,1-3H3. The molecule has 3 aromatic heterocycles. The van der Waals surface area contributed by atoms with E-state index in [1.165, 1.54) is 23.5 Å². The summed E-state index contributed by atoms with van der Waals surface area (Å²) in [5.41, 5.74) is 6.76. The molecular formula is C22H26F2N8S2. The molecule has 34 heavy (non-hydrogen) atoms. The normalized spacial score (nSPS) is 19.1. The zero-order valence-corrected chi connectivity index (χ0v) is 20.8. The third-order valence-corrected chi connectivity index (χ3v) is 8.54. The summed E-state index contributed by atoms with van der Waals surface area (Å²) in [7, 11) is 0. The molecule has 2 N–H and O–H groups in total. The molecule has 1 aliphatic heterocycles. The number of anilines is 2. The van der Waals surface area contributed by atoms with Crippen LogP contribution in [0.2, 0.25) is 0 Å². The van der Waals surface area contributed by atoms with Crippen LogP contribution in [0, 0.1) is 10.9 Å². The maximum Gasteiger partial charge on any atom is 0.186 e. The fraction of sp³-hybridized carbons (Fsp3) is 0.455. The van der Waals surface area contributed by atoms with Gasteiger partial charge in [-0.3, -0.25) is 4.90 Å². The van der Waals surface area contributed by atoms with Gasteiger partial charge in [0.05, 0.1) is 22.3 Å². The quantitative estimate of drug-likeness (QED) is 0.388. The topological polar surface area (TPSA) is 89.0 Å². The van der Waals surface area contributed by atoms with Crippen LogP contribution in [0.3, 0.4) is 0 Å². The van der Waals surface area contributed by atoms with Crippen molar-refractivity contribution < 1.29 is 8.78 Å². The zero-order chi connectivity index (χ0) is 24.0. The van der Waals surface area contributed by atoms with Crippen LogP contribution in [0.5, 0.6) is 0 Å². The van der Waals surface area contributed by atoms with E-state index in [0.717, 1.165) is 53.2 Å². The van der Waals surface area contributed by atoms with E-state index in [-0.39, 0.29) is 29.1 Å². The number of hydrogen-bond acceptors (Lipinski definition) is 9. The number of nitrogens with two attached hydrogens (primary N) is 1. The molecule has 12 heteroatoms. The average molecular weight is 505 g/mol. The number of nitrogen functional groups attached to an aromatic ring is 1. The summed E-state index contributed by atoms with van der Waals surface area (Å²) in [4.78, 5) is 10.2. The van der Waals surface area contributed by atoms with Crippen molar-refractivity contribution in [1.82, 2.24) is 30.1 Å². The molecule has 0 radical (unpaired) electrons. The van der Waals surface area contributed by atoms with Crippen LogP contribution >= 0.6 is 22.7 Å². The van der Waals surface area contributed by atoms with Gasteiger partial charge in [-0.2, -0.15) is 4.39 Å². The van der Waals surface area contributed by atoms with E-state index < -0.39 is 0 Å². The summed E-state index contributed by atoms with van der Waals surface area (Å²) >= 11 is 2.48. The van der Waals surface area contributed by atoms with Gasteiger partial charge in [0.1, 0.15) is 5.82 Å². The predicted octanol–water partition coefficient (Wildman–Crippen LogP) is 4.48. The molecule has 5 rings (SSSR count). The molecule has 1 fully saturated rings. The van der Waals surface area contributed by atoms with Gasteiger partial charge in [-0.15, -0.1) is 16.4 Å². The predicted molar refractivity (Wildman–Crippen MR) is 131 cm³/mol. The highest BCUT2D eigenvalue weighted by molar-refractivity contribution is 7.22. The van der Waals surface area contributed by atoms with Crippen LogP contribution < -0.4 is 10.6 Å². The summed E-state index contributed by atoms with van der Waals surface area (Å²) in [5, 5.41) is 13.1. The number of piperazine rings is 1. The van der Waals surface area contributed by atoms with Crippen LogP contribution in [0.15, 0.2) is 24.3 Å². The second-order valence-electron chi connectivity index (χ2n) is 8.61. The van der Waals surface area contributed by atoms with E-state index in [1.807, 2.05) is 6.92 Å². The SMILES string of the molecule is CCC(c1nnnn1C(C)c1ccc(F)s1)N1CCN(c2nc3cc(N)cc(F)c3s2)C(C)C1.